The highest BCUT2D eigenvalue weighted by Gasteiger charge is 2.45. The van der Waals surface area contributed by atoms with Gasteiger partial charge in [-0.3, -0.25) is 34.1 Å². The second-order valence-corrected chi connectivity index (χ2v) is 18.2. The Kier molecular flexibility index (Phi) is 14.7. The molecule has 0 spiro atoms. The van der Waals surface area contributed by atoms with Crippen LogP contribution in [0.3, 0.4) is 0 Å². The highest BCUT2D eigenvalue weighted by Crippen LogP contribution is 2.38. The highest BCUT2D eigenvalue weighted by molar-refractivity contribution is 6.32. The van der Waals surface area contributed by atoms with Crippen molar-refractivity contribution in [2.24, 2.45) is 7.05 Å². The van der Waals surface area contributed by atoms with Gasteiger partial charge < -0.3 is 28.8 Å². The Labute approximate surface area is 390 Å². The molecule has 0 bridgehead atoms. The topological polar surface area (TPSA) is 172 Å². The van der Waals surface area contributed by atoms with E-state index in [1.54, 1.807) is 18.2 Å². The lowest BCUT2D eigenvalue weighted by Crippen LogP contribution is -2.54. The monoisotopic (exact) mass is 922 g/mol. The fourth-order valence-corrected chi connectivity index (χ4v) is 9.03. The summed E-state index contributed by atoms with van der Waals surface area (Å²) in [5.41, 5.74) is 8.45. The zero-order valence-electron chi connectivity index (χ0n) is 39.0. The van der Waals surface area contributed by atoms with Crippen molar-refractivity contribution in [3.05, 3.63) is 98.5 Å². The quantitative estimate of drug-likeness (QED) is 0.0470. The van der Waals surface area contributed by atoms with Crippen LogP contribution in [-0.4, -0.2) is 100 Å². The first-order valence-electron chi connectivity index (χ1n) is 22.5. The number of piperidine rings is 1. The zero-order chi connectivity index (χ0) is 47.4. The maximum absolute atomic E-state index is 13.9. The molecule has 15 nitrogen and oxygen atoms in total. The van der Waals surface area contributed by atoms with E-state index in [4.69, 9.17) is 35.6 Å². The smallest absolute Gasteiger partial charge is 0.355 e. The maximum Gasteiger partial charge on any atom is 0.355 e. The molecule has 5 aromatic rings. The Balaban J connectivity index is 0.921. The van der Waals surface area contributed by atoms with Gasteiger partial charge in [0.25, 0.3) is 11.8 Å². The summed E-state index contributed by atoms with van der Waals surface area (Å²) in [5, 5.41) is 12.1. The van der Waals surface area contributed by atoms with Gasteiger partial charge in [-0.05, 0) is 115 Å². The van der Waals surface area contributed by atoms with Crippen LogP contribution in [0.2, 0.25) is 5.02 Å². The molecule has 1 saturated heterocycles. The number of carbonyl (C=O) groups excluding carboxylic acids is 5. The van der Waals surface area contributed by atoms with Crippen molar-refractivity contribution in [1.29, 1.82) is 0 Å². The Morgan fingerprint density at radius 3 is 2.29 bits per heavy atom. The summed E-state index contributed by atoms with van der Waals surface area (Å²) in [7, 11) is 1.93. The zero-order valence-corrected chi connectivity index (χ0v) is 39.8. The van der Waals surface area contributed by atoms with Gasteiger partial charge in [0.1, 0.15) is 23.1 Å². The minimum absolute atomic E-state index is 0.0569. The summed E-state index contributed by atoms with van der Waals surface area (Å²) in [6, 6.07) is 14.0. The van der Waals surface area contributed by atoms with Gasteiger partial charge in [0.2, 0.25) is 11.8 Å². The molecule has 0 aliphatic carbocycles. The Morgan fingerprint density at radius 2 is 1.58 bits per heavy atom. The average molecular weight is 924 g/mol. The summed E-state index contributed by atoms with van der Waals surface area (Å²) < 4.78 is 27.8. The number of aryl methyl sites for hydroxylation is 6. The van der Waals surface area contributed by atoms with Crippen LogP contribution < -0.4 is 15.4 Å². The van der Waals surface area contributed by atoms with E-state index >= 15 is 0 Å². The molecular formula is C50H59ClN6O9. The Bertz CT molecular complexity index is 2670. The molecule has 2 aliphatic heterocycles. The van der Waals surface area contributed by atoms with Gasteiger partial charge in [0, 0.05) is 66.1 Å². The number of benzene rings is 3. The SMILES string of the molecule is Cc1cc(OCCCc2c(C(=O)OC(C)(C)C)n(C)c3c(-c4c(C)nn(CCCOCCOCCNc5cccc6c5C(=O)N(C5CCC(=O)NC5=O)C6=O)c4C)cccc23)cc(C)c1Cl. The largest absolute Gasteiger partial charge is 0.494 e. The third kappa shape index (κ3) is 10.2. The molecular weight excluding hydrogens is 864 g/mol. The van der Waals surface area contributed by atoms with Gasteiger partial charge >= 0.3 is 5.97 Å². The third-order valence-electron chi connectivity index (χ3n) is 11.9. The maximum atomic E-state index is 13.9. The van der Waals surface area contributed by atoms with E-state index in [1.807, 2.05) is 76.0 Å². The molecule has 0 saturated carbocycles. The molecule has 4 heterocycles. The number of amides is 4. The molecule has 16 heteroatoms. The third-order valence-corrected chi connectivity index (χ3v) is 12.5. The molecule has 4 amide bonds. The van der Waals surface area contributed by atoms with Crippen LogP contribution in [0.1, 0.15) is 106 Å². The van der Waals surface area contributed by atoms with Crippen LogP contribution in [0.15, 0.2) is 48.5 Å². The molecule has 2 N–H and O–H groups in total. The van der Waals surface area contributed by atoms with Gasteiger partial charge in [-0.2, -0.15) is 5.10 Å². The summed E-state index contributed by atoms with van der Waals surface area (Å²) in [4.78, 5) is 65.4. The first-order valence-corrected chi connectivity index (χ1v) is 22.9. The number of para-hydroxylation sites is 1. The Morgan fingerprint density at radius 1 is 0.879 bits per heavy atom. The van der Waals surface area contributed by atoms with E-state index in [0.717, 1.165) is 72.2 Å². The van der Waals surface area contributed by atoms with Gasteiger partial charge in [0.15, 0.2) is 0 Å². The van der Waals surface area contributed by atoms with E-state index in [9.17, 15) is 24.0 Å². The predicted octanol–water partition coefficient (Wildman–Crippen LogP) is 7.83. The normalized spacial score (nSPS) is 15.2. The van der Waals surface area contributed by atoms with E-state index in [-0.39, 0.29) is 29.9 Å². The van der Waals surface area contributed by atoms with Gasteiger partial charge in [0.05, 0.1) is 48.8 Å². The lowest BCUT2D eigenvalue weighted by Gasteiger charge is -2.27. The molecule has 1 unspecified atom stereocenters. The lowest BCUT2D eigenvalue weighted by atomic mass is 9.98. The number of ether oxygens (including phenoxy) is 4. The summed E-state index contributed by atoms with van der Waals surface area (Å²) >= 11 is 6.38. The van der Waals surface area contributed by atoms with Gasteiger partial charge in [-0.15, -0.1) is 0 Å². The van der Waals surface area contributed by atoms with Crippen LogP contribution in [0.4, 0.5) is 5.69 Å². The molecule has 7 rings (SSSR count). The minimum atomic E-state index is -1.03. The second kappa shape index (κ2) is 20.2. The second-order valence-electron chi connectivity index (χ2n) is 17.9. The molecule has 2 aromatic heterocycles. The number of fused-ring (bicyclic) bond motifs is 2. The molecule has 3 aromatic carbocycles. The number of esters is 1. The summed E-state index contributed by atoms with van der Waals surface area (Å²) in [5.74, 6) is -1.79. The van der Waals surface area contributed by atoms with Crippen molar-refractivity contribution < 1.29 is 42.9 Å². The van der Waals surface area contributed by atoms with Crippen molar-refractivity contribution in [2.45, 2.75) is 98.8 Å². The van der Waals surface area contributed by atoms with E-state index < -0.39 is 35.3 Å². The number of aromatic nitrogens is 3. The number of anilines is 1. The van der Waals surface area contributed by atoms with Crippen LogP contribution in [0, 0.1) is 27.7 Å². The number of rotatable bonds is 19. The molecule has 0 radical (unpaired) electrons. The van der Waals surface area contributed by atoms with E-state index in [2.05, 4.69) is 29.7 Å². The van der Waals surface area contributed by atoms with Gasteiger partial charge in [-0.25, -0.2) is 4.79 Å². The molecule has 1 fully saturated rings. The fourth-order valence-electron chi connectivity index (χ4n) is 8.92. The van der Waals surface area contributed by atoms with Crippen molar-refractivity contribution in [3.63, 3.8) is 0 Å². The first-order chi connectivity index (χ1) is 31.5. The van der Waals surface area contributed by atoms with Crippen molar-refractivity contribution in [1.82, 2.24) is 24.6 Å². The molecule has 1 atom stereocenters. The first kappa shape index (κ1) is 47.9. The van der Waals surface area contributed by atoms with Crippen LogP contribution in [0.5, 0.6) is 5.75 Å². The number of nitrogens with one attached hydrogen (secondary N) is 2. The number of carbonyl (C=O) groups is 5. The fraction of sp³-hybridized carbons (Fsp3) is 0.440. The highest BCUT2D eigenvalue weighted by atomic mass is 35.5. The average Bonchev–Trinajstić information content (AvgIpc) is 3.81. The Hall–Kier alpha value is -6.03. The number of halogens is 1. The number of hydrogen-bond donors (Lipinski definition) is 2. The van der Waals surface area contributed by atoms with Crippen molar-refractivity contribution in [2.75, 3.05) is 44.9 Å². The summed E-state index contributed by atoms with van der Waals surface area (Å²) in [6.07, 6.45) is 2.16. The number of hydrogen-bond acceptors (Lipinski definition) is 11. The van der Waals surface area contributed by atoms with E-state index in [0.29, 0.717) is 70.3 Å². The number of imide groups is 2. The van der Waals surface area contributed by atoms with E-state index in [1.165, 1.54) is 0 Å². The molecule has 350 valence electrons. The number of nitrogens with zero attached hydrogens (tertiary/aromatic N) is 4. The molecule has 2 aliphatic rings. The lowest BCUT2D eigenvalue weighted by molar-refractivity contribution is -0.136. The van der Waals surface area contributed by atoms with Crippen LogP contribution >= 0.6 is 11.6 Å². The van der Waals surface area contributed by atoms with Crippen LogP contribution in [0.25, 0.3) is 22.0 Å². The summed E-state index contributed by atoms with van der Waals surface area (Å²) in [6.45, 7) is 16.7. The van der Waals surface area contributed by atoms with Crippen LogP contribution in [-0.2, 0) is 43.8 Å². The predicted molar refractivity (Wildman–Crippen MR) is 251 cm³/mol. The van der Waals surface area contributed by atoms with Gasteiger partial charge in [-0.1, -0.05) is 35.9 Å². The minimum Gasteiger partial charge on any atom is -0.494 e. The standard InChI is InChI=1S/C50H59ClN6O9/c1-29-27-33(28-30(2)43(29)51)65-23-11-16-35-34-13-9-14-36(44(34)55(8)45(35)49(62)66-50(5,6)7)41-31(3)54-56(32(41)4)21-12-22-63-25-26-64-24-20-52-38-17-10-15-37-42(38)48(61)57(47(37)60)39-18-19-40(58)53-46(39)59/h9-10,13-15,17,27-28,39,52H,11-12,16,18-26H2,1-8H3,(H,53,58,59). The van der Waals surface area contributed by atoms with Crippen molar-refractivity contribution >= 4 is 57.8 Å². The molecule has 66 heavy (non-hydrogen) atoms. The van der Waals surface area contributed by atoms with Crippen molar-refractivity contribution in [3.8, 4) is 16.9 Å².